The number of hydrogen-bond acceptors (Lipinski definition) is 1. The van der Waals surface area contributed by atoms with Crippen molar-refractivity contribution in [2.24, 2.45) is 0 Å². The lowest BCUT2D eigenvalue weighted by atomic mass is 10.0. The number of hydrogen-bond donors (Lipinski definition) is 1. The molecule has 0 radical (unpaired) electrons. The molecule has 1 nitrogen and oxygen atoms in total. The molecule has 1 unspecified atom stereocenters. The summed E-state index contributed by atoms with van der Waals surface area (Å²) < 4.78 is 25.8. The maximum absolute atomic E-state index is 12.9. The molecule has 3 heteroatoms. The average Bonchev–Trinajstić information content (AvgIpc) is 2.16. The zero-order valence-electron chi connectivity index (χ0n) is 10.1. The van der Waals surface area contributed by atoms with Crippen LogP contribution in [0.5, 0.6) is 0 Å². The van der Waals surface area contributed by atoms with Crippen molar-refractivity contribution in [2.45, 2.75) is 39.7 Å². The van der Waals surface area contributed by atoms with Gasteiger partial charge in [0.05, 0.1) is 6.04 Å². The minimum absolute atomic E-state index is 0.613. The van der Waals surface area contributed by atoms with Crippen LogP contribution in [0, 0.1) is 13.8 Å². The maximum atomic E-state index is 12.9. The van der Waals surface area contributed by atoms with Crippen molar-refractivity contribution in [1.29, 1.82) is 0 Å². The standard InChI is InChI=1S/C13H19F2N/c1-4-5-16-12(13(14)15)11-7-9(2)6-10(3)8-11/h6-8,12-13,16H,4-5H2,1-3H3. The lowest BCUT2D eigenvalue weighted by Gasteiger charge is -2.19. The van der Waals surface area contributed by atoms with Gasteiger partial charge in [0, 0.05) is 0 Å². The van der Waals surface area contributed by atoms with Gasteiger partial charge in [-0.15, -0.1) is 0 Å². The third kappa shape index (κ3) is 3.56. The SMILES string of the molecule is CCCNC(c1cc(C)cc(C)c1)C(F)F. The number of nitrogens with one attached hydrogen (secondary N) is 1. The first-order valence-electron chi connectivity index (χ1n) is 5.64. The number of aryl methyl sites for hydroxylation is 2. The molecule has 0 saturated heterocycles. The minimum atomic E-state index is -2.37. The quantitative estimate of drug-likeness (QED) is 0.810. The summed E-state index contributed by atoms with van der Waals surface area (Å²) in [4.78, 5) is 0. The Balaban J connectivity index is 2.91. The third-order valence-electron chi connectivity index (χ3n) is 2.47. The molecule has 0 aromatic heterocycles. The zero-order valence-corrected chi connectivity index (χ0v) is 10.1. The first-order chi connectivity index (χ1) is 7.54. The highest BCUT2D eigenvalue weighted by Gasteiger charge is 2.21. The van der Waals surface area contributed by atoms with Crippen LogP contribution in [-0.2, 0) is 0 Å². The van der Waals surface area contributed by atoms with Crippen molar-refractivity contribution in [1.82, 2.24) is 5.32 Å². The minimum Gasteiger partial charge on any atom is -0.305 e. The Kier molecular flexibility index (Phi) is 4.87. The highest BCUT2D eigenvalue weighted by atomic mass is 19.3. The summed E-state index contributed by atoms with van der Waals surface area (Å²) in [7, 11) is 0. The van der Waals surface area contributed by atoms with Gasteiger partial charge in [0.15, 0.2) is 0 Å². The van der Waals surface area contributed by atoms with E-state index in [-0.39, 0.29) is 0 Å². The first kappa shape index (κ1) is 13.1. The molecule has 0 aliphatic carbocycles. The summed E-state index contributed by atoms with van der Waals surface area (Å²) in [6, 6.07) is 4.80. The Hall–Kier alpha value is -0.960. The van der Waals surface area contributed by atoms with Gasteiger partial charge in [0.25, 0.3) is 6.43 Å². The molecular weight excluding hydrogens is 208 g/mol. The molecule has 1 rings (SSSR count). The molecule has 0 fully saturated rings. The third-order valence-corrected chi connectivity index (χ3v) is 2.47. The smallest absolute Gasteiger partial charge is 0.257 e. The lowest BCUT2D eigenvalue weighted by Crippen LogP contribution is -2.28. The van der Waals surface area contributed by atoms with Crippen LogP contribution in [0.25, 0.3) is 0 Å². The van der Waals surface area contributed by atoms with Crippen LogP contribution in [0.15, 0.2) is 18.2 Å². The zero-order chi connectivity index (χ0) is 12.1. The van der Waals surface area contributed by atoms with E-state index in [4.69, 9.17) is 0 Å². The molecule has 0 aliphatic heterocycles. The van der Waals surface area contributed by atoms with Crippen molar-refractivity contribution >= 4 is 0 Å². The Morgan fingerprint density at radius 2 is 1.69 bits per heavy atom. The van der Waals surface area contributed by atoms with Crippen molar-refractivity contribution in [3.8, 4) is 0 Å². The summed E-state index contributed by atoms with van der Waals surface area (Å²) in [5, 5.41) is 2.89. The van der Waals surface area contributed by atoms with E-state index in [0.29, 0.717) is 12.1 Å². The van der Waals surface area contributed by atoms with Gasteiger partial charge in [-0.3, -0.25) is 0 Å². The largest absolute Gasteiger partial charge is 0.305 e. The molecule has 1 aromatic rings. The monoisotopic (exact) mass is 227 g/mol. The lowest BCUT2D eigenvalue weighted by molar-refractivity contribution is 0.0985. The molecule has 1 aromatic carbocycles. The van der Waals surface area contributed by atoms with Crippen molar-refractivity contribution in [2.75, 3.05) is 6.54 Å². The van der Waals surface area contributed by atoms with Gasteiger partial charge in [-0.05, 0) is 32.4 Å². The number of halogens is 2. The highest BCUT2D eigenvalue weighted by molar-refractivity contribution is 5.31. The van der Waals surface area contributed by atoms with Crippen LogP contribution >= 0.6 is 0 Å². The fourth-order valence-corrected chi connectivity index (χ4v) is 1.84. The fourth-order valence-electron chi connectivity index (χ4n) is 1.84. The summed E-state index contributed by atoms with van der Waals surface area (Å²) in [5.74, 6) is 0. The molecule has 0 aliphatic rings. The van der Waals surface area contributed by atoms with Gasteiger partial charge < -0.3 is 5.32 Å². The van der Waals surface area contributed by atoms with E-state index in [9.17, 15) is 8.78 Å². The van der Waals surface area contributed by atoms with Gasteiger partial charge in [-0.2, -0.15) is 0 Å². The molecule has 0 heterocycles. The Labute approximate surface area is 95.9 Å². The topological polar surface area (TPSA) is 12.0 Å². The van der Waals surface area contributed by atoms with Crippen LogP contribution in [-0.4, -0.2) is 13.0 Å². The second-order valence-electron chi connectivity index (χ2n) is 4.19. The van der Waals surface area contributed by atoms with E-state index in [1.165, 1.54) is 0 Å². The van der Waals surface area contributed by atoms with E-state index in [0.717, 1.165) is 17.5 Å². The predicted molar refractivity (Wildman–Crippen MR) is 63.0 cm³/mol. The number of alkyl halides is 2. The van der Waals surface area contributed by atoms with Crippen LogP contribution in [0.1, 0.15) is 36.1 Å². The van der Waals surface area contributed by atoms with Crippen LogP contribution in [0.3, 0.4) is 0 Å². The molecule has 1 N–H and O–H groups in total. The molecule has 1 atom stereocenters. The molecule has 0 saturated carbocycles. The van der Waals surface area contributed by atoms with Gasteiger partial charge >= 0.3 is 0 Å². The Morgan fingerprint density at radius 1 is 1.12 bits per heavy atom. The fraction of sp³-hybridized carbons (Fsp3) is 0.538. The molecule has 16 heavy (non-hydrogen) atoms. The number of benzene rings is 1. The second kappa shape index (κ2) is 5.94. The van der Waals surface area contributed by atoms with Gasteiger partial charge in [-0.25, -0.2) is 8.78 Å². The van der Waals surface area contributed by atoms with Crippen molar-refractivity contribution in [3.63, 3.8) is 0 Å². The molecule has 0 spiro atoms. The van der Waals surface area contributed by atoms with Crippen LogP contribution in [0.2, 0.25) is 0 Å². The highest BCUT2D eigenvalue weighted by Crippen LogP contribution is 2.22. The average molecular weight is 227 g/mol. The van der Waals surface area contributed by atoms with E-state index >= 15 is 0 Å². The van der Waals surface area contributed by atoms with Gasteiger partial charge in [0.2, 0.25) is 0 Å². The van der Waals surface area contributed by atoms with Crippen molar-refractivity contribution in [3.05, 3.63) is 34.9 Å². The molecule has 0 amide bonds. The van der Waals surface area contributed by atoms with E-state index < -0.39 is 12.5 Å². The second-order valence-corrected chi connectivity index (χ2v) is 4.19. The van der Waals surface area contributed by atoms with Crippen molar-refractivity contribution < 1.29 is 8.78 Å². The predicted octanol–water partition coefficient (Wildman–Crippen LogP) is 3.61. The molecule has 0 bridgehead atoms. The van der Waals surface area contributed by atoms with E-state index in [1.54, 1.807) is 0 Å². The summed E-state index contributed by atoms with van der Waals surface area (Å²) in [6.07, 6.45) is -1.51. The summed E-state index contributed by atoms with van der Waals surface area (Å²) in [6.45, 7) is 6.44. The maximum Gasteiger partial charge on any atom is 0.257 e. The Bertz CT molecular complexity index is 316. The number of rotatable bonds is 5. The van der Waals surface area contributed by atoms with Gasteiger partial charge in [0.1, 0.15) is 0 Å². The summed E-state index contributed by atoms with van der Waals surface area (Å²) in [5.41, 5.74) is 2.74. The molecular formula is C13H19F2N. The van der Waals surface area contributed by atoms with E-state index in [2.05, 4.69) is 5.32 Å². The van der Waals surface area contributed by atoms with Crippen LogP contribution in [0.4, 0.5) is 8.78 Å². The normalized spacial score (nSPS) is 13.1. The molecule has 90 valence electrons. The summed E-state index contributed by atoms with van der Waals surface area (Å²) >= 11 is 0. The van der Waals surface area contributed by atoms with Crippen LogP contribution < -0.4 is 5.32 Å². The Morgan fingerprint density at radius 3 is 2.12 bits per heavy atom. The van der Waals surface area contributed by atoms with Gasteiger partial charge in [-0.1, -0.05) is 36.2 Å². The van der Waals surface area contributed by atoms with E-state index in [1.807, 2.05) is 39.0 Å². The first-order valence-corrected chi connectivity index (χ1v) is 5.64.